The molecule has 0 spiro atoms. The molecule has 5 nitrogen and oxygen atoms in total. The highest BCUT2D eigenvalue weighted by molar-refractivity contribution is 7.98. The molecule has 2 aliphatic rings. The van der Waals surface area contributed by atoms with Crippen molar-refractivity contribution < 1.29 is 0 Å². The number of rotatable bonds is 7. The van der Waals surface area contributed by atoms with Crippen molar-refractivity contribution in [1.82, 2.24) is 20.7 Å². The third-order valence-corrected chi connectivity index (χ3v) is 5.18. The molecule has 6 heteroatoms. The van der Waals surface area contributed by atoms with Crippen LogP contribution in [0.3, 0.4) is 0 Å². The highest BCUT2D eigenvalue weighted by Crippen LogP contribution is 2.33. The van der Waals surface area contributed by atoms with Gasteiger partial charge in [0.1, 0.15) is 0 Å². The Labute approximate surface area is 153 Å². The van der Waals surface area contributed by atoms with Crippen LogP contribution in [0.25, 0.3) is 0 Å². The smallest absolute Gasteiger partial charge is 0.187 e. The summed E-state index contributed by atoms with van der Waals surface area (Å²) in [5.74, 6) is 0.226. The average molecular weight is 356 g/mol. The summed E-state index contributed by atoms with van der Waals surface area (Å²) in [6.45, 7) is 6.15. The van der Waals surface area contributed by atoms with Gasteiger partial charge in [-0.15, -0.1) is 6.58 Å². The topological polar surface area (TPSA) is 62.2 Å². The van der Waals surface area contributed by atoms with Crippen LogP contribution < -0.4 is 10.7 Å². The maximum Gasteiger partial charge on any atom is 0.187 e. The Kier molecular flexibility index (Phi) is 5.91. The number of thioether (sulfide) groups is 1. The predicted octanol–water partition coefficient (Wildman–Crippen LogP) is 3.60. The van der Waals surface area contributed by atoms with Gasteiger partial charge in [-0.05, 0) is 30.2 Å². The molecule has 132 valence electrons. The minimum atomic E-state index is 0.111. The zero-order valence-corrected chi connectivity index (χ0v) is 15.6. The molecule has 0 bridgehead atoms. The first-order chi connectivity index (χ1) is 12.3. The lowest BCUT2D eigenvalue weighted by atomic mass is 9.83. The Morgan fingerprint density at radius 2 is 2.12 bits per heavy atom. The third-order valence-electron chi connectivity index (χ3n) is 4.61. The van der Waals surface area contributed by atoms with E-state index in [1.807, 2.05) is 30.9 Å². The fourth-order valence-corrected chi connectivity index (χ4v) is 3.48. The molecule has 0 aromatic carbocycles. The molecule has 3 unspecified atom stereocenters. The summed E-state index contributed by atoms with van der Waals surface area (Å²) in [5.41, 5.74) is 6.88. The quantitative estimate of drug-likeness (QED) is 0.444. The number of hydrazone groups is 1. The van der Waals surface area contributed by atoms with Crippen LogP contribution in [0.15, 0.2) is 58.7 Å². The fourth-order valence-electron chi connectivity index (χ4n) is 3.16. The van der Waals surface area contributed by atoms with E-state index in [2.05, 4.69) is 51.6 Å². The van der Waals surface area contributed by atoms with Gasteiger partial charge in [-0.3, -0.25) is 0 Å². The summed E-state index contributed by atoms with van der Waals surface area (Å²) < 4.78 is 0. The first-order valence-electron chi connectivity index (χ1n) is 8.71. The Balaban J connectivity index is 1.84. The molecule has 3 rings (SSSR count). The maximum atomic E-state index is 4.40. The van der Waals surface area contributed by atoms with Crippen molar-refractivity contribution in [3.05, 3.63) is 54.0 Å². The molecule has 2 N–H and O–H groups in total. The second-order valence-corrected chi connectivity index (χ2v) is 7.01. The fraction of sp³-hybridized carbons (Fsp3) is 0.421. The van der Waals surface area contributed by atoms with Gasteiger partial charge in [0.15, 0.2) is 5.16 Å². The highest BCUT2D eigenvalue weighted by atomic mass is 32.2. The molecule has 2 aliphatic heterocycles. The van der Waals surface area contributed by atoms with Gasteiger partial charge in [-0.1, -0.05) is 37.3 Å². The summed E-state index contributed by atoms with van der Waals surface area (Å²) in [6, 6.07) is 0.263. The Morgan fingerprint density at radius 1 is 1.32 bits per heavy atom. The molecule has 1 aromatic heterocycles. The van der Waals surface area contributed by atoms with Crippen LogP contribution in [0.5, 0.6) is 0 Å². The number of hydrogen-bond donors (Lipinski definition) is 2. The zero-order chi connectivity index (χ0) is 17.6. The van der Waals surface area contributed by atoms with Crippen molar-refractivity contribution in [2.75, 3.05) is 6.26 Å². The van der Waals surface area contributed by atoms with Gasteiger partial charge in [0.05, 0.1) is 12.1 Å². The molecular formula is C19H25N5S. The van der Waals surface area contributed by atoms with Crippen molar-refractivity contribution in [1.29, 1.82) is 0 Å². The standard InChI is InChI=1S/C19H25N5S/c1-4-6-7-13-8-18(14-9-21-19(25-3)22-10-14)20-11-15(13)16-12-23-24-17(16)5-2/h5,8-12,16-18,20,24H,2,4,6-7H2,1,3H3. The lowest BCUT2D eigenvalue weighted by Gasteiger charge is -2.28. The van der Waals surface area contributed by atoms with E-state index in [-0.39, 0.29) is 18.0 Å². The molecule has 1 aromatic rings. The van der Waals surface area contributed by atoms with Gasteiger partial charge >= 0.3 is 0 Å². The van der Waals surface area contributed by atoms with E-state index in [1.54, 1.807) is 11.8 Å². The van der Waals surface area contributed by atoms with E-state index in [1.165, 1.54) is 24.0 Å². The third kappa shape index (κ3) is 3.95. The zero-order valence-electron chi connectivity index (χ0n) is 14.8. The molecule has 25 heavy (non-hydrogen) atoms. The van der Waals surface area contributed by atoms with Crippen LogP contribution in [-0.2, 0) is 0 Å². The van der Waals surface area contributed by atoms with Crippen LogP contribution in [0, 0.1) is 5.92 Å². The number of dihydropyridines is 1. The summed E-state index contributed by atoms with van der Waals surface area (Å²) in [5, 5.41) is 8.54. The number of aromatic nitrogens is 2. The molecule has 0 fully saturated rings. The van der Waals surface area contributed by atoms with E-state index in [9.17, 15) is 0 Å². The van der Waals surface area contributed by atoms with Crippen LogP contribution in [-0.4, -0.2) is 28.5 Å². The van der Waals surface area contributed by atoms with Crippen LogP contribution >= 0.6 is 11.8 Å². The monoisotopic (exact) mass is 355 g/mol. The number of unbranched alkanes of at least 4 members (excludes halogenated alkanes) is 1. The molecule has 3 heterocycles. The largest absolute Gasteiger partial charge is 0.380 e. The summed E-state index contributed by atoms with van der Waals surface area (Å²) in [7, 11) is 0. The van der Waals surface area contributed by atoms with Gasteiger partial charge in [0, 0.05) is 36.3 Å². The van der Waals surface area contributed by atoms with Gasteiger partial charge in [0.2, 0.25) is 0 Å². The number of allylic oxidation sites excluding steroid dienone is 1. The molecular weight excluding hydrogens is 330 g/mol. The lowest BCUT2D eigenvalue weighted by Crippen LogP contribution is -2.30. The van der Waals surface area contributed by atoms with Crippen LogP contribution in [0.2, 0.25) is 0 Å². The molecule has 0 aliphatic carbocycles. The van der Waals surface area contributed by atoms with Crippen molar-refractivity contribution >= 4 is 18.0 Å². The maximum absolute atomic E-state index is 4.40. The minimum Gasteiger partial charge on any atom is -0.380 e. The van der Waals surface area contributed by atoms with Gasteiger partial charge in [-0.25, -0.2) is 9.97 Å². The predicted molar refractivity (Wildman–Crippen MR) is 104 cm³/mol. The van der Waals surface area contributed by atoms with E-state index in [4.69, 9.17) is 0 Å². The average Bonchev–Trinajstić information content (AvgIpc) is 3.14. The number of nitrogens with zero attached hydrogens (tertiary/aromatic N) is 3. The highest BCUT2D eigenvalue weighted by Gasteiger charge is 2.29. The van der Waals surface area contributed by atoms with Gasteiger partial charge in [-0.2, -0.15) is 5.10 Å². The van der Waals surface area contributed by atoms with Crippen molar-refractivity contribution in [3.8, 4) is 0 Å². The summed E-state index contributed by atoms with van der Waals surface area (Å²) >= 11 is 1.55. The summed E-state index contributed by atoms with van der Waals surface area (Å²) in [6.07, 6.45) is 17.6. The SMILES string of the molecule is C=CC1NN=CC1C1=CNC(c2cnc(SC)nc2)C=C1CCCC. The lowest BCUT2D eigenvalue weighted by molar-refractivity contribution is 0.592. The molecule has 0 saturated heterocycles. The van der Waals surface area contributed by atoms with Gasteiger partial charge < -0.3 is 10.7 Å². The van der Waals surface area contributed by atoms with E-state index in [0.717, 1.165) is 17.1 Å². The Hall–Kier alpha value is -2.08. The Bertz CT molecular complexity index is 692. The first kappa shape index (κ1) is 17.7. The molecule has 0 saturated carbocycles. The molecule has 0 radical (unpaired) electrons. The van der Waals surface area contributed by atoms with E-state index in [0.29, 0.717) is 0 Å². The molecule has 3 atom stereocenters. The summed E-state index contributed by atoms with van der Waals surface area (Å²) in [4.78, 5) is 8.80. The second-order valence-electron chi connectivity index (χ2n) is 6.24. The second kappa shape index (κ2) is 8.34. The normalized spacial score (nSPS) is 25.0. The minimum absolute atomic E-state index is 0.111. The first-order valence-corrected chi connectivity index (χ1v) is 9.93. The number of nitrogens with one attached hydrogen (secondary N) is 2. The van der Waals surface area contributed by atoms with Crippen molar-refractivity contribution in [2.45, 2.75) is 43.4 Å². The van der Waals surface area contributed by atoms with Gasteiger partial charge in [0.25, 0.3) is 0 Å². The number of hydrogen-bond acceptors (Lipinski definition) is 6. The van der Waals surface area contributed by atoms with Crippen molar-refractivity contribution in [2.24, 2.45) is 11.0 Å². The van der Waals surface area contributed by atoms with Crippen LogP contribution in [0.1, 0.15) is 37.8 Å². The van der Waals surface area contributed by atoms with Crippen LogP contribution in [0.4, 0.5) is 0 Å². The molecule has 0 amide bonds. The Morgan fingerprint density at radius 3 is 2.80 bits per heavy atom. The van der Waals surface area contributed by atoms with E-state index >= 15 is 0 Å². The van der Waals surface area contributed by atoms with E-state index < -0.39 is 0 Å². The van der Waals surface area contributed by atoms with Crippen molar-refractivity contribution in [3.63, 3.8) is 0 Å².